The van der Waals surface area contributed by atoms with E-state index in [1.54, 1.807) is 6.20 Å². The second kappa shape index (κ2) is 5.02. The van der Waals surface area contributed by atoms with Crippen LogP contribution in [0.1, 0.15) is 18.9 Å². The Hall–Kier alpha value is -1.13. The van der Waals surface area contributed by atoms with Gasteiger partial charge in [-0.3, -0.25) is 4.79 Å². The van der Waals surface area contributed by atoms with Crippen LogP contribution in [0.15, 0.2) is 12.3 Å². The van der Waals surface area contributed by atoms with Crippen LogP contribution in [-0.2, 0) is 9.53 Å². The van der Waals surface area contributed by atoms with Crippen molar-refractivity contribution in [2.45, 2.75) is 26.4 Å². The molecule has 0 aromatic carbocycles. The zero-order valence-corrected chi connectivity index (χ0v) is 10.6. The van der Waals surface area contributed by atoms with E-state index in [9.17, 15) is 4.79 Å². The average molecular weight is 255 g/mol. The van der Waals surface area contributed by atoms with Crippen molar-refractivity contribution in [2.75, 3.05) is 11.9 Å². The molecule has 1 aliphatic heterocycles. The first kappa shape index (κ1) is 12.3. The molecule has 1 saturated heterocycles. The standard InChI is InChI=1S/C12H15ClN2O2/c1-7-3-10(11(13)14-5-7)15-12(16)9-4-8(2)17-6-9/h3,5,8-9H,4,6H2,1-2H3,(H,15,16). The van der Waals surface area contributed by atoms with Crippen molar-refractivity contribution < 1.29 is 9.53 Å². The van der Waals surface area contributed by atoms with E-state index in [4.69, 9.17) is 16.3 Å². The quantitative estimate of drug-likeness (QED) is 0.825. The van der Waals surface area contributed by atoms with Crippen LogP contribution < -0.4 is 5.32 Å². The number of amides is 1. The fourth-order valence-corrected chi connectivity index (χ4v) is 2.03. The zero-order valence-electron chi connectivity index (χ0n) is 9.87. The number of ether oxygens (including phenoxy) is 1. The number of carbonyl (C=O) groups excluding carboxylic acids is 1. The monoisotopic (exact) mass is 254 g/mol. The van der Waals surface area contributed by atoms with Gasteiger partial charge in [-0.25, -0.2) is 4.98 Å². The molecule has 2 rings (SSSR count). The highest BCUT2D eigenvalue weighted by molar-refractivity contribution is 6.32. The molecule has 0 aliphatic carbocycles. The van der Waals surface area contributed by atoms with Gasteiger partial charge in [0.05, 0.1) is 24.3 Å². The van der Waals surface area contributed by atoms with Crippen LogP contribution in [-0.4, -0.2) is 23.6 Å². The molecular formula is C12H15ClN2O2. The molecule has 1 amide bonds. The van der Waals surface area contributed by atoms with Crippen molar-refractivity contribution in [3.8, 4) is 0 Å². The number of hydrogen-bond donors (Lipinski definition) is 1. The summed E-state index contributed by atoms with van der Waals surface area (Å²) in [5.41, 5.74) is 1.52. The molecule has 0 saturated carbocycles. The first-order valence-electron chi connectivity index (χ1n) is 5.61. The fraction of sp³-hybridized carbons (Fsp3) is 0.500. The number of hydrogen-bond acceptors (Lipinski definition) is 3. The van der Waals surface area contributed by atoms with Gasteiger partial charge in [-0.1, -0.05) is 11.6 Å². The van der Waals surface area contributed by atoms with Gasteiger partial charge in [-0.05, 0) is 31.9 Å². The number of rotatable bonds is 2. The van der Waals surface area contributed by atoms with Crippen molar-refractivity contribution in [3.63, 3.8) is 0 Å². The third-order valence-electron chi connectivity index (χ3n) is 2.80. The Bertz CT molecular complexity index is 437. The molecule has 2 atom stereocenters. The fourth-order valence-electron chi connectivity index (χ4n) is 1.87. The number of nitrogens with one attached hydrogen (secondary N) is 1. The molecule has 2 unspecified atom stereocenters. The maximum Gasteiger partial charge on any atom is 0.229 e. The zero-order chi connectivity index (χ0) is 12.4. The molecule has 0 spiro atoms. The van der Waals surface area contributed by atoms with Gasteiger partial charge in [0.25, 0.3) is 0 Å². The third-order valence-corrected chi connectivity index (χ3v) is 3.10. The van der Waals surface area contributed by atoms with Crippen LogP contribution in [0.3, 0.4) is 0 Å². The molecule has 1 fully saturated rings. The summed E-state index contributed by atoms with van der Waals surface area (Å²) in [7, 11) is 0. The summed E-state index contributed by atoms with van der Waals surface area (Å²) in [5, 5.41) is 3.12. The average Bonchev–Trinajstić information content (AvgIpc) is 2.70. The van der Waals surface area contributed by atoms with Crippen LogP contribution in [0, 0.1) is 12.8 Å². The van der Waals surface area contributed by atoms with Gasteiger partial charge < -0.3 is 10.1 Å². The minimum Gasteiger partial charge on any atom is -0.378 e. The highest BCUT2D eigenvalue weighted by atomic mass is 35.5. The molecule has 0 bridgehead atoms. The summed E-state index contributed by atoms with van der Waals surface area (Å²) >= 11 is 5.92. The van der Waals surface area contributed by atoms with Crippen molar-refractivity contribution in [1.82, 2.24) is 4.98 Å². The van der Waals surface area contributed by atoms with E-state index in [1.165, 1.54) is 0 Å². The summed E-state index contributed by atoms with van der Waals surface area (Å²) in [4.78, 5) is 15.9. The molecular weight excluding hydrogens is 240 g/mol. The predicted molar refractivity (Wildman–Crippen MR) is 66.1 cm³/mol. The van der Waals surface area contributed by atoms with E-state index in [-0.39, 0.29) is 17.9 Å². The van der Waals surface area contributed by atoms with Crippen molar-refractivity contribution in [2.24, 2.45) is 5.92 Å². The number of halogens is 1. The number of carbonyl (C=O) groups is 1. The molecule has 2 heterocycles. The Morgan fingerprint density at radius 3 is 3.06 bits per heavy atom. The van der Waals surface area contributed by atoms with E-state index >= 15 is 0 Å². The van der Waals surface area contributed by atoms with Gasteiger partial charge in [-0.2, -0.15) is 0 Å². The van der Waals surface area contributed by atoms with Gasteiger partial charge in [0.15, 0.2) is 5.15 Å². The SMILES string of the molecule is Cc1cnc(Cl)c(NC(=O)C2COC(C)C2)c1. The second-order valence-electron chi connectivity index (χ2n) is 4.42. The number of aryl methyl sites for hydroxylation is 1. The Morgan fingerprint density at radius 1 is 1.65 bits per heavy atom. The van der Waals surface area contributed by atoms with Crippen molar-refractivity contribution in [1.29, 1.82) is 0 Å². The normalized spacial score (nSPS) is 23.7. The number of nitrogens with zero attached hydrogens (tertiary/aromatic N) is 1. The number of anilines is 1. The summed E-state index contributed by atoms with van der Waals surface area (Å²) in [6.45, 7) is 4.35. The largest absolute Gasteiger partial charge is 0.378 e. The molecule has 1 aromatic heterocycles. The lowest BCUT2D eigenvalue weighted by Gasteiger charge is -2.10. The van der Waals surface area contributed by atoms with E-state index in [1.807, 2.05) is 19.9 Å². The Kier molecular flexibility index (Phi) is 3.64. The molecule has 4 nitrogen and oxygen atoms in total. The lowest BCUT2D eigenvalue weighted by Crippen LogP contribution is -2.23. The van der Waals surface area contributed by atoms with Crippen LogP contribution in [0.2, 0.25) is 5.15 Å². The van der Waals surface area contributed by atoms with Gasteiger partial charge in [0.1, 0.15) is 0 Å². The van der Waals surface area contributed by atoms with Gasteiger partial charge in [0.2, 0.25) is 5.91 Å². The predicted octanol–water partition coefficient (Wildman–Crippen LogP) is 2.41. The maximum absolute atomic E-state index is 11.9. The molecule has 1 N–H and O–H groups in total. The van der Waals surface area contributed by atoms with Gasteiger partial charge in [-0.15, -0.1) is 0 Å². The molecule has 0 radical (unpaired) electrons. The lowest BCUT2D eigenvalue weighted by atomic mass is 10.1. The number of aromatic nitrogens is 1. The van der Waals surface area contributed by atoms with Crippen molar-refractivity contribution in [3.05, 3.63) is 23.0 Å². The van der Waals surface area contributed by atoms with Crippen molar-refractivity contribution >= 4 is 23.2 Å². The van der Waals surface area contributed by atoms with Gasteiger partial charge in [0, 0.05) is 6.20 Å². The highest BCUT2D eigenvalue weighted by Gasteiger charge is 2.28. The van der Waals surface area contributed by atoms with Crippen LogP contribution in [0.5, 0.6) is 0 Å². The number of pyridine rings is 1. The summed E-state index contributed by atoms with van der Waals surface area (Å²) in [5.74, 6) is -0.148. The highest BCUT2D eigenvalue weighted by Crippen LogP contribution is 2.24. The maximum atomic E-state index is 11.9. The summed E-state index contributed by atoms with van der Waals surface area (Å²) < 4.78 is 5.37. The minimum atomic E-state index is -0.0958. The molecule has 17 heavy (non-hydrogen) atoms. The molecule has 1 aromatic rings. The Labute approximate surface area is 105 Å². The van der Waals surface area contributed by atoms with Crippen LogP contribution in [0.25, 0.3) is 0 Å². The van der Waals surface area contributed by atoms with Crippen LogP contribution >= 0.6 is 11.6 Å². The molecule has 92 valence electrons. The third kappa shape index (κ3) is 2.96. The minimum absolute atomic E-state index is 0.0522. The first-order chi connectivity index (χ1) is 8.06. The molecule has 1 aliphatic rings. The Balaban J connectivity index is 2.05. The van der Waals surface area contributed by atoms with Gasteiger partial charge >= 0.3 is 0 Å². The van der Waals surface area contributed by atoms with Crippen LogP contribution in [0.4, 0.5) is 5.69 Å². The van der Waals surface area contributed by atoms with E-state index in [0.29, 0.717) is 17.4 Å². The Morgan fingerprint density at radius 2 is 2.41 bits per heavy atom. The lowest BCUT2D eigenvalue weighted by molar-refractivity contribution is -0.119. The van der Waals surface area contributed by atoms with E-state index in [0.717, 1.165) is 12.0 Å². The second-order valence-corrected chi connectivity index (χ2v) is 4.77. The topological polar surface area (TPSA) is 51.2 Å². The van der Waals surface area contributed by atoms with E-state index < -0.39 is 0 Å². The summed E-state index contributed by atoms with van der Waals surface area (Å²) in [6.07, 6.45) is 2.57. The first-order valence-corrected chi connectivity index (χ1v) is 5.98. The smallest absolute Gasteiger partial charge is 0.229 e. The van der Waals surface area contributed by atoms with E-state index in [2.05, 4.69) is 10.3 Å². The molecule has 5 heteroatoms. The summed E-state index contributed by atoms with van der Waals surface area (Å²) in [6, 6.07) is 1.81.